The third-order valence-corrected chi connectivity index (χ3v) is 3.63. The fourth-order valence-corrected chi connectivity index (χ4v) is 2.46. The summed E-state index contributed by atoms with van der Waals surface area (Å²) in [6.07, 6.45) is 0.562. The highest BCUT2D eigenvalue weighted by Crippen LogP contribution is 2.18. The van der Waals surface area contributed by atoms with E-state index in [1.165, 1.54) is 25.3 Å². The van der Waals surface area contributed by atoms with Crippen LogP contribution >= 0.6 is 0 Å². The molecule has 0 saturated heterocycles. The third kappa shape index (κ3) is 5.43. The maximum Gasteiger partial charge on any atom is 0.338 e. The monoisotopic (exact) mass is 317 g/mol. The molecule has 0 spiro atoms. The predicted molar refractivity (Wildman–Crippen MR) is 75.3 cm³/mol. The Morgan fingerprint density at radius 3 is 2.48 bits per heavy atom. The summed E-state index contributed by atoms with van der Waals surface area (Å²) >= 11 is 0. The zero-order valence-electron chi connectivity index (χ0n) is 12.0. The van der Waals surface area contributed by atoms with Crippen LogP contribution in [0.25, 0.3) is 0 Å². The number of carbonyl (C=O) groups excluding carboxylic acids is 1. The normalized spacial score (nSPS) is 11.4. The number of primary sulfonamides is 1. The van der Waals surface area contributed by atoms with Gasteiger partial charge in [0.05, 0.1) is 23.7 Å². The lowest BCUT2D eigenvalue weighted by Gasteiger charge is -2.10. The van der Waals surface area contributed by atoms with Crippen molar-refractivity contribution in [2.45, 2.75) is 17.9 Å². The van der Waals surface area contributed by atoms with E-state index in [9.17, 15) is 13.2 Å². The summed E-state index contributed by atoms with van der Waals surface area (Å²) in [5, 5.41) is 5.14. The molecule has 7 nitrogen and oxygen atoms in total. The number of ether oxygens (including phenoxy) is 3. The number of hydrogen-bond acceptors (Lipinski definition) is 6. The number of sulfonamides is 1. The van der Waals surface area contributed by atoms with Gasteiger partial charge in [0.1, 0.15) is 0 Å². The molecule has 0 saturated carbocycles. The van der Waals surface area contributed by atoms with E-state index in [0.29, 0.717) is 18.6 Å². The van der Waals surface area contributed by atoms with Crippen molar-refractivity contribution in [1.29, 1.82) is 0 Å². The SMILES string of the molecule is COCCCOC(=O)c1ccc(COC)c(S(N)(=O)=O)c1. The summed E-state index contributed by atoms with van der Waals surface area (Å²) < 4.78 is 37.9. The maximum atomic E-state index is 11.8. The standard InChI is InChI=1S/C13H19NO6S/c1-18-6-3-7-20-13(15)10-4-5-11(9-19-2)12(8-10)21(14,16)17/h4-5,8H,3,6-7,9H2,1-2H3,(H2,14,16,17). The molecule has 8 heteroatoms. The molecule has 0 heterocycles. The number of esters is 1. The molecule has 1 aromatic carbocycles. The van der Waals surface area contributed by atoms with Crippen LogP contribution < -0.4 is 5.14 Å². The van der Waals surface area contributed by atoms with E-state index in [1.807, 2.05) is 0 Å². The smallest absolute Gasteiger partial charge is 0.338 e. The van der Waals surface area contributed by atoms with Gasteiger partial charge in [-0.2, -0.15) is 0 Å². The largest absolute Gasteiger partial charge is 0.462 e. The zero-order chi connectivity index (χ0) is 15.9. The van der Waals surface area contributed by atoms with Crippen molar-refractivity contribution in [2.24, 2.45) is 5.14 Å². The van der Waals surface area contributed by atoms with Gasteiger partial charge in [0.15, 0.2) is 0 Å². The van der Waals surface area contributed by atoms with Crippen LogP contribution in [-0.2, 0) is 30.8 Å². The highest BCUT2D eigenvalue weighted by molar-refractivity contribution is 7.89. The van der Waals surface area contributed by atoms with E-state index in [0.717, 1.165) is 0 Å². The third-order valence-electron chi connectivity index (χ3n) is 2.64. The molecule has 0 bridgehead atoms. The van der Waals surface area contributed by atoms with Crippen molar-refractivity contribution in [1.82, 2.24) is 0 Å². The quantitative estimate of drug-likeness (QED) is 0.558. The zero-order valence-corrected chi connectivity index (χ0v) is 12.8. The van der Waals surface area contributed by atoms with Crippen LogP contribution in [0.3, 0.4) is 0 Å². The Labute approximate surface area is 124 Å². The van der Waals surface area contributed by atoms with Gasteiger partial charge in [0, 0.05) is 27.2 Å². The first-order valence-electron chi connectivity index (χ1n) is 6.21. The highest BCUT2D eigenvalue weighted by atomic mass is 32.2. The lowest BCUT2D eigenvalue weighted by molar-refractivity contribution is 0.0468. The Morgan fingerprint density at radius 1 is 1.19 bits per heavy atom. The molecule has 2 N–H and O–H groups in total. The molecule has 0 aromatic heterocycles. The first-order chi connectivity index (χ1) is 9.90. The summed E-state index contributed by atoms with van der Waals surface area (Å²) in [5.41, 5.74) is 0.507. The fourth-order valence-electron chi connectivity index (χ4n) is 1.67. The van der Waals surface area contributed by atoms with Gasteiger partial charge in [-0.15, -0.1) is 0 Å². The molecular weight excluding hydrogens is 298 g/mol. The van der Waals surface area contributed by atoms with Crippen molar-refractivity contribution < 1.29 is 27.4 Å². The van der Waals surface area contributed by atoms with E-state index in [4.69, 9.17) is 19.3 Å². The second-order valence-corrected chi connectivity index (χ2v) is 5.81. The van der Waals surface area contributed by atoms with Crippen LogP contribution in [0, 0.1) is 0 Å². The number of nitrogens with two attached hydrogens (primary N) is 1. The second-order valence-electron chi connectivity index (χ2n) is 4.28. The minimum atomic E-state index is -3.95. The maximum absolute atomic E-state index is 11.8. The average molecular weight is 317 g/mol. The molecule has 0 radical (unpaired) electrons. The minimum Gasteiger partial charge on any atom is -0.462 e. The van der Waals surface area contributed by atoms with Gasteiger partial charge in [-0.1, -0.05) is 6.07 Å². The van der Waals surface area contributed by atoms with Gasteiger partial charge in [-0.25, -0.2) is 18.4 Å². The molecule has 0 aliphatic carbocycles. The average Bonchev–Trinajstić information content (AvgIpc) is 2.43. The van der Waals surface area contributed by atoms with Crippen molar-refractivity contribution in [3.8, 4) is 0 Å². The van der Waals surface area contributed by atoms with Crippen LogP contribution in [0.4, 0.5) is 0 Å². The molecule has 0 unspecified atom stereocenters. The minimum absolute atomic E-state index is 0.0783. The van der Waals surface area contributed by atoms with Crippen LogP contribution in [0.5, 0.6) is 0 Å². The van der Waals surface area contributed by atoms with E-state index in [1.54, 1.807) is 7.11 Å². The molecule has 0 aliphatic rings. The molecule has 1 rings (SSSR count). The highest BCUT2D eigenvalue weighted by Gasteiger charge is 2.17. The summed E-state index contributed by atoms with van der Waals surface area (Å²) in [4.78, 5) is 11.7. The van der Waals surface area contributed by atoms with Crippen LogP contribution in [0.2, 0.25) is 0 Å². The summed E-state index contributed by atoms with van der Waals surface area (Å²) in [6, 6.07) is 4.15. The molecule has 118 valence electrons. The first-order valence-corrected chi connectivity index (χ1v) is 7.75. The number of rotatable bonds is 8. The fraction of sp³-hybridized carbons (Fsp3) is 0.462. The number of benzene rings is 1. The number of hydrogen-bond donors (Lipinski definition) is 1. The molecule has 0 amide bonds. The van der Waals surface area contributed by atoms with Crippen LogP contribution in [-0.4, -0.2) is 41.8 Å². The van der Waals surface area contributed by atoms with Gasteiger partial charge in [0.25, 0.3) is 0 Å². The molecule has 0 fully saturated rings. The van der Waals surface area contributed by atoms with Crippen LogP contribution in [0.1, 0.15) is 22.3 Å². The predicted octanol–water partition coefficient (Wildman–Crippen LogP) is 0.674. The molecule has 0 atom stereocenters. The van der Waals surface area contributed by atoms with Gasteiger partial charge in [0.2, 0.25) is 10.0 Å². The number of carbonyl (C=O) groups is 1. The van der Waals surface area contributed by atoms with Gasteiger partial charge < -0.3 is 14.2 Å². The molecule has 21 heavy (non-hydrogen) atoms. The Kier molecular flexibility index (Phi) is 6.76. The van der Waals surface area contributed by atoms with Crippen molar-refractivity contribution in [3.05, 3.63) is 29.3 Å². The summed E-state index contributed by atoms with van der Waals surface area (Å²) in [7, 11) is -0.963. The van der Waals surface area contributed by atoms with Crippen molar-refractivity contribution in [2.75, 3.05) is 27.4 Å². The molecular formula is C13H19NO6S. The van der Waals surface area contributed by atoms with Gasteiger partial charge >= 0.3 is 5.97 Å². The lowest BCUT2D eigenvalue weighted by atomic mass is 10.1. The lowest BCUT2D eigenvalue weighted by Crippen LogP contribution is -2.16. The Morgan fingerprint density at radius 2 is 1.90 bits per heavy atom. The Bertz CT molecular complexity index is 584. The molecule has 0 aliphatic heterocycles. The Hall–Kier alpha value is -1.48. The van der Waals surface area contributed by atoms with Crippen molar-refractivity contribution >= 4 is 16.0 Å². The van der Waals surface area contributed by atoms with Crippen LogP contribution in [0.15, 0.2) is 23.1 Å². The molecule has 1 aromatic rings. The number of methoxy groups -OCH3 is 2. The van der Waals surface area contributed by atoms with E-state index in [-0.39, 0.29) is 23.7 Å². The van der Waals surface area contributed by atoms with Gasteiger partial charge in [-0.05, 0) is 17.7 Å². The van der Waals surface area contributed by atoms with E-state index in [2.05, 4.69) is 0 Å². The van der Waals surface area contributed by atoms with Gasteiger partial charge in [-0.3, -0.25) is 0 Å². The second kappa shape index (κ2) is 8.08. The topological polar surface area (TPSA) is 105 Å². The van der Waals surface area contributed by atoms with E-state index < -0.39 is 16.0 Å². The van der Waals surface area contributed by atoms with Crippen molar-refractivity contribution in [3.63, 3.8) is 0 Å². The summed E-state index contributed by atoms with van der Waals surface area (Å²) in [5.74, 6) is -0.611. The van der Waals surface area contributed by atoms with E-state index >= 15 is 0 Å². The Balaban J connectivity index is 2.92. The first kappa shape index (κ1) is 17.6. The summed E-state index contributed by atoms with van der Waals surface area (Å²) in [6.45, 7) is 0.745.